The maximum Gasteiger partial charge on any atom is 0.249 e. The summed E-state index contributed by atoms with van der Waals surface area (Å²) in [6.45, 7) is 2.08. The van der Waals surface area contributed by atoms with Crippen LogP contribution >= 0.6 is 0 Å². The van der Waals surface area contributed by atoms with Gasteiger partial charge in [0, 0.05) is 5.56 Å². The molecule has 1 aliphatic heterocycles. The van der Waals surface area contributed by atoms with Gasteiger partial charge < -0.3 is 9.15 Å². The number of hydrogen-bond acceptors (Lipinski definition) is 3. The highest BCUT2D eigenvalue weighted by Crippen LogP contribution is 2.55. The van der Waals surface area contributed by atoms with Crippen molar-refractivity contribution in [1.29, 1.82) is 0 Å². The van der Waals surface area contributed by atoms with Crippen molar-refractivity contribution in [3.8, 4) is 22.6 Å². The van der Waals surface area contributed by atoms with Crippen molar-refractivity contribution in [2.75, 3.05) is 4.90 Å². The Labute approximate surface area is 174 Å². The van der Waals surface area contributed by atoms with E-state index in [9.17, 15) is 0 Å². The van der Waals surface area contributed by atoms with Crippen LogP contribution in [-0.2, 0) is 0 Å². The second kappa shape index (κ2) is 6.53. The summed E-state index contributed by atoms with van der Waals surface area (Å²) < 4.78 is 12.7. The molecule has 0 aliphatic carbocycles. The van der Waals surface area contributed by atoms with Crippen LogP contribution < -0.4 is 9.64 Å². The molecule has 0 amide bonds. The molecule has 4 aromatic carbocycles. The van der Waals surface area contributed by atoms with E-state index in [0.717, 1.165) is 45.0 Å². The van der Waals surface area contributed by atoms with Crippen molar-refractivity contribution < 1.29 is 9.15 Å². The van der Waals surface area contributed by atoms with Crippen LogP contribution in [0, 0.1) is 6.92 Å². The van der Waals surface area contributed by atoms with E-state index in [1.165, 1.54) is 5.56 Å². The maximum absolute atomic E-state index is 6.36. The molecular formula is C27H19NO2. The molecule has 144 valence electrons. The third kappa shape index (κ3) is 2.52. The standard InChI is InChI=1S/C27H19NO2/c1-18-15-16-24-21(17-18)26-27(30-24)28(23-13-7-8-14-25(23)29-26)22-12-6-5-11-20(22)19-9-3-2-4-10-19/h2-17H,1H3. The van der Waals surface area contributed by atoms with Gasteiger partial charge in [0.05, 0.1) is 16.8 Å². The van der Waals surface area contributed by atoms with Crippen LogP contribution in [-0.4, -0.2) is 0 Å². The highest BCUT2D eigenvalue weighted by atomic mass is 16.5. The zero-order valence-corrected chi connectivity index (χ0v) is 16.5. The largest absolute Gasteiger partial charge is 0.449 e. The van der Waals surface area contributed by atoms with Crippen LogP contribution in [0.5, 0.6) is 11.5 Å². The lowest BCUT2D eigenvalue weighted by Gasteiger charge is -2.30. The van der Waals surface area contributed by atoms with E-state index in [-0.39, 0.29) is 0 Å². The monoisotopic (exact) mass is 389 g/mol. The first-order valence-electron chi connectivity index (χ1n) is 10.0. The van der Waals surface area contributed by atoms with E-state index in [1.54, 1.807) is 0 Å². The maximum atomic E-state index is 6.36. The van der Waals surface area contributed by atoms with Crippen molar-refractivity contribution in [1.82, 2.24) is 0 Å². The van der Waals surface area contributed by atoms with E-state index >= 15 is 0 Å². The number of anilines is 3. The molecule has 0 saturated heterocycles. The molecule has 6 rings (SSSR count). The molecule has 0 atom stereocenters. The number of ether oxygens (including phenoxy) is 1. The summed E-state index contributed by atoms with van der Waals surface area (Å²) in [7, 11) is 0. The lowest BCUT2D eigenvalue weighted by molar-refractivity contribution is 0.464. The number of furan rings is 1. The molecule has 0 fully saturated rings. The Hall–Kier alpha value is -3.98. The average molecular weight is 389 g/mol. The molecule has 30 heavy (non-hydrogen) atoms. The Kier molecular flexibility index (Phi) is 3.68. The number of aryl methyl sites for hydroxylation is 1. The van der Waals surface area contributed by atoms with Crippen molar-refractivity contribution in [2.45, 2.75) is 6.92 Å². The Balaban J connectivity index is 1.66. The topological polar surface area (TPSA) is 25.6 Å². The van der Waals surface area contributed by atoms with E-state index in [1.807, 2.05) is 30.3 Å². The Morgan fingerprint density at radius 2 is 1.43 bits per heavy atom. The predicted octanol–water partition coefficient (Wildman–Crippen LogP) is 7.98. The molecule has 1 aliphatic rings. The van der Waals surface area contributed by atoms with Crippen molar-refractivity contribution >= 4 is 28.2 Å². The number of para-hydroxylation sites is 3. The minimum atomic E-state index is 0.706. The van der Waals surface area contributed by atoms with Gasteiger partial charge in [-0.15, -0.1) is 0 Å². The second-order valence-corrected chi connectivity index (χ2v) is 7.52. The van der Waals surface area contributed by atoms with E-state index in [4.69, 9.17) is 9.15 Å². The predicted molar refractivity (Wildman–Crippen MR) is 121 cm³/mol. The molecule has 0 bridgehead atoms. The first-order valence-corrected chi connectivity index (χ1v) is 10.0. The van der Waals surface area contributed by atoms with Crippen LogP contribution in [0.25, 0.3) is 22.1 Å². The smallest absolute Gasteiger partial charge is 0.249 e. The minimum absolute atomic E-state index is 0.706. The number of rotatable bonds is 2. The molecule has 0 spiro atoms. The molecule has 3 nitrogen and oxygen atoms in total. The fraction of sp³-hybridized carbons (Fsp3) is 0.0370. The summed E-state index contributed by atoms with van der Waals surface area (Å²) in [5.74, 6) is 2.28. The van der Waals surface area contributed by atoms with Gasteiger partial charge in [-0.1, -0.05) is 72.3 Å². The third-order valence-corrected chi connectivity index (χ3v) is 5.53. The van der Waals surface area contributed by atoms with Gasteiger partial charge in [0.25, 0.3) is 0 Å². The van der Waals surface area contributed by atoms with Crippen molar-refractivity contribution in [3.63, 3.8) is 0 Å². The van der Waals surface area contributed by atoms with Gasteiger partial charge in [-0.05, 0) is 42.8 Å². The van der Waals surface area contributed by atoms with E-state index in [2.05, 4.69) is 78.6 Å². The summed E-state index contributed by atoms with van der Waals surface area (Å²) in [6, 6.07) is 33.1. The molecule has 0 unspecified atom stereocenters. The molecule has 5 aromatic rings. The minimum Gasteiger partial charge on any atom is -0.449 e. The van der Waals surface area contributed by atoms with Crippen LogP contribution in [0.15, 0.2) is 101 Å². The summed E-state index contributed by atoms with van der Waals surface area (Å²) >= 11 is 0. The van der Waals surface area contributed by atoms with Crippen LogP contribution in [0.2, 0.25) is 0 Å². The Morgan fingerprint density at radius 3 is 2.30 bits per heavy atom. The summed E-state index contributed by atoms with van der Waals surface area (Å²) in [5, 5.41) is 0.988. The van der Waals surface area contributed by atoms with Crippen LogP contribution in [0.1, 0.15) is 5.56 Å². The molecule has 0 saturated carbocycles. The quantitative estimate of drug-likeness (QED) is 0.300. The number of nitrogens with zero attached hydrogens (tertiary/aromatic N) is 1. The van der Waals surface area contributed by atoms with Gasteiger partial charge in [0.2, 0.25) is 5.88 Å². The normalized spacial score (nSPS) is 12.4. The summed E-state index contributed by atoms with van der Waals surface area (Å²) in [4.78, 5) is 2.17. The lowest BCUT2D eigenvalue weighted by atomic mass is 10.0. The van der Waals surface area contributed by atoms with Gasteiger partial charge in [0.15, 0.2) is 11.5 Å². The lowest BCUT2D eigenvalue weighted by Crippen LogP contribution is -2.15. The zero-order valence-electron chi connectivity index (χ0n) is 16.5. The highest BCUT2D eigenvalue weighted by Gasteiger charge is 2.32. The molecular weight excluding hydrogens is 370 g/mol. The molecule has 3 heteroatoms. The van der Waals surface area contributed by atoms with E-state index in [0.29, 0.717) is 5.88 Å². The second-order valence-electron chi connectivity index (χ2n) is 7.52. The fourth-order valence-corrected chi connectivity index (χ4v) is 4.14. The fourth-order valence-electron chi connectivity index (χ4n) is 4.14. The van der Waals surface area contributed by atoms with Crippen LogP contribution in [0.3, 0.4) is 0 Å². The van der Waals surface area contributed by atoms with Gasteiger partial charge >= 0.3 is 0 Å². The van der Waals surface area contributed by atoms with Crippen molar-refractivity contribution in [3.05, 3.63) is 103 Å². The van der Waals surface area contributed by atoms with E-state index < -0.39 is 0 Å². The zero-order chi connectivity index (χ0) is 20.1. The average Bonchev–Trinajstić information content (AvgIpc) is 3.15. The van der Waals surface area contributed by atoms with Crippen LogP contribution in [0.4, 0.5) is 17.3 Å². The Morgan fingerprint density at radius 1 is 0.700 bits per heavy atom. The number of benzene rings is 4. The first-order chi connectivity index (χ1) is 14.8. The summed E-state index contributed by atoms with van der Waals surface area (Å²) in [6.07, 6.45) is 0. The highest BCUT2D eigenvalue weighted by molar-refractivity contribution is 5.99. The van der Waals surface area contributed by atoms with Gasteiger partial charge in [-0.3, -0.25) is 4.90 Å². The number of fused-ring (bicyclic) bond motifs is 4. The molecule has 2 heterocycles. The molecule has 0 N–H and O–H groups in total. The van der Waals surface area contributed by atoms with Crippen molar-refractivity contribution in [2.24, 2.45) is 0 Å². The molecule has 0 radical (unpaired) electrons. The van der Waals surface area contributed by atoms with Gasteiger partial charge in [0.1, 0.15) is 5.58 Å². The first kappa shape index (κ1) is 16.9. The summed E-state index contributed by atoms with van der Waals surface area (Å²) in [5.41, 5.74) is 6.30. The van der Waals surface area contributed by atoms with Gasteiger partial charge in [-0.25, -0.2) is 0 Å². The third-order valence-electron chi connectivity index (χ3n) is 5.53. The Bertz CT molecular complexity index is 1380. The number of hydrogen-bond donors (Lipinski definition) is 0. The van der Waals surface area contributed by atoms with Gasteiger partial charge in [-0.2, -0.15) is 0 Å². The SMILES string of the molecule is Cc1ccc2oc3c(c2c1)Oc1ccccc1N3c1ccccc1-c1ccccc1. The molecule has 1 aromatic heterocycles.